The molecule has 0 aromatic rings. The van der Waals surface area contributed by atoms with Crippen molar-refractivity contribution >= 4 is 5.97 Å². The second-order valence-corrected chi connectivity index (χ2v) is 3.20. The first-order valence-electron chi connectivity index (χ1n) is 1.89. The average molecular weight is 223 g/mol. The van der Waals surface area contributed by atoms with Crippen LogP contribution in [-0.4, -0.2) is 5.97 Å². The standard InChI is InChI=1S/C4H3O2.Ce/c5-4-2-1-3-6-4;/h1-3H;. The van der Waals surface area contributed by atoms with E-state index in [1.807, 2.05) is 0 Å². The molecule has 0 amide bonds. The first-order chi connectivity index (χ1) is 3.30. The van der Waals surface area contributed by atoms with Crippen molar-refractivity contribution in [2.24, 2.45) is 0 Å². The van der Waals surface area contributed by atoms with Gasteiger partial charge in [0, 0.05) is 0 Å². The van der Waals surface area contributed by atoms with Gasteiger partial charge in [-0.1, -0.05) is 0 Å². The Morgan fingerprint density at radius 2 is 2.57 bits per heavy atom. The summed E-state index contributed by atoms with van der Waals surface area (Å²) in [4.78, 5) is 10.3. The number of rotatable bonds is 0. The summed E-state index contributed by atoms with van der Waals surface area (Å²) in [5, 5.41) is 0. The Bertz CT molecular complexity index is 119. The molecule has 0 aliphatic carbocycles. The van der Waals surface area contributed by atoms with Crippen molar-refractivity contribution in [3.8, 4) is 0 Å². The molecule has 35 valence electrons. The number of carbonyl (C=O) groups is 1. The van der Waals surface area contributed by atoms with E-state index in [-0.39, 0.29) is 7.40 Å². The fourth-order valence-electron chi connectivity index (χ4n) is 0.337. The molecular weight excluding hydrogens is 220 g/mol. The minimum atomic E-state index is -0.0910. The molecule has 1 atom stereocenters. The zero-order valence-corrected chi connectivity index (χ0v) is 6.69. The number of ether oxygens (including phenoxy) is 1. The van der Waals surface area contributed by atoms with Crippen LogP contribution in [0.2, 0.25) is 1.44 Å². The minimum absolute atomic E-state index is 0.0910. The van der Waals surface area contributed by atoms with Gasteiger partial charge < -0.3 is 0 Å². The van der Waals surface area contributed by atoms with Gasteiger partial charge in [-0.2, -0.15) is 0 Å². The molecule has 0 spiro atoms. The summed E-state index contributed by atoms with van der Waals surface area (Å²) in [6.07, 6.45) is 3.24. The third-order valence-electron chi connectivity index (χ3n) is 0.709. The van der Waals surface area contributed by atoms with E-state index >= 15 is 0 Å². The molecule has 0 saturated carbocycles. The summed E-state index contributed by atoms with van der Waals surface area (Å²) >= 11 is 0.875. The van der Waals surface area contributed by atoms with Crippen LogP contribution in [-0.2, 0) is 9.53 Å². The first kappa shape index (κ1) is 5.72. The zero-order valence-electron chi connectivity index (χ0n) is 3.55. The van der Waals surface area contributed by atoms with E-state index < -0.39 is 0 Å². The summed E-state index contributed by atoms with van der Waals surface area (Å²) in [6, 6.07) is 0. The molecule has 0 N–H and O–H groups in total. The van der Waals surface area contributed by atoms with Gasteiger partial charge in [0.25, 0.3) is 0 Å². The maximum atomic E-state index is 10.3. The molecule has 7 heavy (non-hydrogen) atoms. The Balaban J connectivity index is 2.62. The molecule has 0 saturated heterocycles. The maximum absolute atomic E-state index is 10.3. The van der Waals surface area contributed by atoms with Crippen LogP contribution in [0.25, 0.3) is 0 Å². The molecule has 0 fully saturated rings. The van der Waals surface area contributed by atoms with Gasteiger partial charge in [0.15, 0.2) is 0 Å². The molecule has 1 unspecified atom stereocenters. The van der Waals surface area contributed by atoms with Crippen LogP contribution in [0.15, 0.2) is 12.3 Å². The van der Waals surface area contributed by atoms with Crippen molar-refractivity contribution in [1.29, 1.82) is 0 Å². The second-order valence-electron chi connectivity index (χ2n) is 1.24. The molecule has 1 rings (SSSR count). The van der Waals surface area contributed by atoms with Crippen molar-refractivity contribution in [3.63, 3.8) is 0 Å². The normalized spacial score (nSPS) is 27.9. The molecule has 1 aliphatic rings. The van der Waals surface area contributed by atoms with E-state index in [1.54, 1.807) is 6.08 Å². The first-order valence-corrected chi connectivity index (χ1v) is 3.70. The molecule has 0 bridgehead atoms. The Morgan fingerprint density at radius 3 is 2.71 bits per heavy atom. The molecule has 0 aromatic heterocycles. The number of esters is 1. The van der Waals surface area contributed by atoms with Crippen LogP contribution in [0.3, 0.4) is 0 Å². The Kier molecular flexibility index (Phi) is 1.83. The number of hydrogen-bond donors (Lipinski definition) is 0. The molecular formula is C4H3CeO2. The van der Waals surface area contributed by atoms with Crippen LogP contribution in [0, 0.1) is 39.6 Å². The molecule has 3 heteroatoms. The molecule has 1 aliphatic heterocycles. The van der Waals surface area contributed by atoms with E-state index in [4.69, 9.17) is 0 Å². The summed E-state index contributed by atoms with van der Waals surface area (Å²) < 4.78 is 4.59. The quantitative estimate of drug-likeness (QED) is 0.555. The van der Waals surface area contributed by atoms with Crippen molar-refractivity contribution in [2.45, 2.75) is 1.44 Å². The average Bonchev–Trinajstić information content (AvgIpc) is 1.91. The van der Waals surface area contributed by atoms with Crippen molar-refractivity contribution in [1.82, 2.24) is 0 Å². The third-order valence-corrected chi connectivity index (χ3v) is 2.05. The van der Waals surface area contributed by atoms with Gasteiger partial charge in [-0.3, -0.25) is 0 Å². The topological polar surface area (TPSA) is 26.3 Å². The Morgan fingerprint density at radius 1 is 1.86 bits per heavy atom. The Labute approximate surface area is 68.2 Å². The van der Waals surface area contributed by atoms with Gasteiger partial charge in [0.2, 0.25) is 0 Å². The van der Waals surface area contributed by atoms with Crippen LogP contribution < -0.4 is 0 Å². The van der Waals surface area contributed by atoms with Gasteiger partial charge in [0.1, 0.15) is 0 Å². The van der Waals surface area contributed by atoms with E-state index in [9.17, 15) is 4.79 Å². The van der Waals surface area contributed by atoms with Gasteiger partial charge >= 0.3 is 68.9 Å². The molecule has 2 nitrogen and oxygen atoms in total. The van der Waals surface area contributed by atoms with E-state index in [0.29, 0.717) is 0 Å². The molecule has 0 radical (unpaired) electrons. The van der Waals surface area contributed by atoms with E-state index in [1.165, 1.54) is 6.26 Å². The summed E-state index contributed by atoms with van der Waals surface area (Å²) in [7, 11) is 0. The van der Waals surface area contributed by atoms with Gasteiger partial charge in [-0.15, -0.1) is 0 Å². The van der Waals surface area contributed by atoms with Gasteiger partial charge in [-0.25, -0.2) is 0 Å². The molecule has 1 heterocycles. The predicted octanol–water partition coefficient (Wildman–Crippen LogP) is 0.395. The summed E-state index contributed by atoms with van der Waals surface area (Å²) in [6.45, 7) is 0. The monoisotopic (exact) mass is 223 g/mol. The summed E-state index contributed by atoms with van der Waals surface area (Å²) in [5.41, 5.74) is 0. The molecule has 0 aromatic carbocycles. The third kappa shape index (κ3) is 1.24. The Hall–Kier alpha value is 0.587. The van der Waals surface area contributed by atoms with E-state index in [0.717, 1.165) is 39.6 Å². The van der Waals surface area contributed by atoms with Crippen LogP contribution >= 0.6 is 0 Å². The number of hydrogen-bond acceptors (Lipinski definition) is 2. The fraction of sp³-hybridized carbons (Fsp3) is 0.250. The van der Waals surface area contributed by atoms with Gasteiger partial charge in [0.05, 0.1) is 0 Å². The van der Waals surface area contributed by atoms with Crippen molar-refractivity contribution in [2.75, 3.05) is 0 Å². The summed E-state index contributed by atoms with van der Waals surface area (Å²) in [5.74, 6) is -0.0910. The van der Waals surface area contributed by atoms with Crippen molar-refractivity contribution in [3.05, 3.63) is 12.3 Å². The van der Waals surface area contributed by atoms with Crippen LogP contribution in [0.1, 0.15) is 0 Å². The number of carbonyl (C=O) groups excluding carboxylic acids is 1. The van der Waals surface area contributed by atoms with Crippen LogP contribution in [0.5, 0.6) is 0 Å². The second kappa shape index (κ2) is 2.24. The number of cyclic esters (lactones) is 1. The fourth-order valence-corrected chi connectivity index (χ4v) is 0.797. The SMILES string of the molecule is O=C1OC=C[CH]1[Ce]. The van der Waals surface area contributed by atoms with Crippen LogP contribution in [0.4, 0.5) is 0 Å². The van der Waals surface area contributed by atoms with Crippen molar-refractivity contribution < 1.29 is 49.2 Å². The van der Waals surface area contributed by atoms with E-state index in [2.05, 4.69) is 4.74 Å². The zero-order chi connectivity index (χ0) is 5.28. The predicted molar refractivity (Wildman–Crippen MR) is 19.0 cm³/mol. The van der Waals surface area contributed by atoms with Gasteiger partial charge in [-0.05, 0) is 0 Å².